The summed E-state index contributed by atoms with van der Waals surface area (Å²) in [4.78, 5) is 11.4. The van der Waals surface area contributed by atoms with Crippen molar-refractivity contribution in [3.8, 4) is 0 Å². The van der Waals surface area contributed by atoms with E-state index in [9.17, 15) is 18.0 Å². The van der Waals surface area contributed by atoms with Gasteiger partial charge in [-0.05, 0) is 18.4 Å². The van der Waals surface area contributed by atoms with Crippen molar-refractivity contribution in [1.29, 1.82) is 0 Å². The number of nitrogens with one attached hydrogen (secondary N) is 1. The molecule has 0 heterocycles. The number of allylic oxidation sites excluding steroid dienone is 2. The van der Waals surface area contributed by atoms with Crippen molar-refractivity contribution < 1.29 is 18.0 Å². The standard InChI is InChI=1S/C12H16F3NO/c1-8(2)6-11(17)16-10-5-3-4-9(7-10)12(13,14)15/h3-4,7-8,10H,5-6H2,1-2H3,(H,16,17). The summed E-state index contributed by atoms with van der Waals surface area (Å²) in [5, 5.41) is 2.59. The Morgan fingerprint density at radius 1 is 1.53 bits per heavy atom. The van der Waals surface area contributed by atoms with Crippen LogP contribution in [0.25, 0.3) is 0 Å². The summed E-state index contributed by atoms with van der Waals surface area (Å²) in [7, 11) is 0. The molecular weight excluding hydrogens is 231 g/mol. The highest BCUT2D eigenvalue weighted by Gasteiger charge is 2.33. The van der Waals surface area contributed by atoms with Gasteiger partial charge in [-0.25, -0.2) is 0 Å². The van der Waals surface area contributed by atoms with E-state index < -0.39 is 17.8 Å². The summed E-state index contributed by atoms with van der Waals surface area (Å²) in [6.45, 7) is 3.77. The van der Waals surface area contributed by atoms with Gasteiger partial charge in [0.2, 0.25) is 5.91 Å². The lowest BCUT2D eigenvalue weighted by molar-refractivity contribution is -0.122. The van der Waals surface area contributed by atoms with Crippen molar-refractivity contribution in [3.05, 3.63) is 23.8 Å². The summed E-state index contributed by atoms with van der Waals surface area (Å²) in [5.74, 6) is -0.0155. The van der Waals surface area contributed by atoms with Gasteiger partial charge in [-0.15, -0.1) is 0 Å². The van der Waals surface area contributed by atoms with E-state index in [1.165, 1.54) is 6.08 Å². The van der Waals surface area contributed by atoms with Crippen LogP contribution in [-0.2, 0) is 4.79 Å². The van der Waals surface area contributed by atoms with E-state index in [1.807, 2.05) is 13.8 Å². The minimum atomic E-state index is -4.35. The molecule has 0 aliphatic heterocycles. The van der Waals surface area contributed by atoms with Crippen molar-refractivity contribution in [3.63, 3.8) is 0 Å². The van der Waals surface area contributed by atoms with Gasteiger partial charge < -0.3 is 5.32 Å². The first-order valence-electron chi connectivity index (χ1n) is 5.54. The Morgan fingerprint density at radius 2 is 2.18 bits per heavy atom. The van der Waals surface area contributed by atoms with E-state index in [1.54, 1.807) is 0 Å². The van der Waals surface area contributed by atoms with E-state index >= 15 is 0 Å². The van der Waals surface area contributed by atoms with Crippen molar-refractivity contribution >= 4 is 5.91 Å². The molecule has 1 atom stereocenters. The molecule has 0 radical (unpaired) electrons. The first kappa shape index (κ1) is 13.8. The van der Waals surface area contributed by atoms with E-state index in [2.05, 4.69) is 5.32 Å². The molecule has 17 heavy (non-hydrogen) atoms. The third-order valence-electron chi connectivity index (χ3n) is 2.34. The molecule has 1 amide bonds. The van der Waals surface area contributed by atoms with Crippen LogP contribution in [0.4, 0.5) is 13.2 Å². The second-order valence-electron chi connectivity index (χ2n) is 4.53. The number of carbonyl (C=O) groups is 1. The fourth-order valence-corrected chi connectivity index (χ4v) is 1.61. The summed E-state index contributed by atoms with van der Waals surface area (Å²) in [6, 6.07) is -0.553. The zero-order valence-corrected chi connectivity index (χ0v) is 9.84. The van der Waals surface area contributed by atoms with Gasteiger partial charge in [0.25, 0.3) is 0 Å². The molecule has 0 saturated heterocycles. The highest BCUT2D eigenvalue weighted by molar-refractivity contribution is 5.76. The van der Waals surface area contributed by atoms with E-state index in [4.69, 9.17) is 0 Å². The predicted molar refractivity (Wildman–Crippen MR) is 59.3 cm³/mol. The lowest BCUT2D eigenvalue weighted by atomic mass is 10.0. The molecule has 96 valence electrons. The molecular formula is C12H16F3NO. The van der Waals surface area contributed by atoms with Crippen LogP contribution in [0.2, 0.25) is 0 Å². The molecule has 0 bridgehead atoms. The molecule has 1 rings (SSSR count). The van der Waals surface area contributed by atoms with Gasteiger partial charge in [-0.2, -0.15) is 13.2 Å². The van der Waals surface area contributed by atoms with Crippen LogP contribution in [0.1, 0.15) is 26.7 Å². The summed E-state index contributed by atoms with van der Waals surface area (Å²) in [6.07, 6.45) is -0.0662. The van der Waals surface area contributed by atoms with E-state index in [-0.39, 0.29) is 11.8 Å². The van der Waals surface area contributed by atoms with Crippen molar-refractivity contribution in [2.24, 2.45) is 5.92 Å². The Morgan fingerprint density at radius 3 is 2.71 bits per heavy atom. The lowest BCUT2D eigenvalue weighted by Gasteiger charge is -2.20. The van der Waals surface area contributed by atoms with Crippen LogP contribution in [0.15, 0.2) is 23.8 Å². The van der Waals surface area contributed by atoms with Crippen molar-refractivity contribution in [1.82, 2.24) is 5.32 Å². The Hall–Kier alpha value is -1.26. The Balaban J connectivity index is 2.60. The van der Waals surface area contributed by atoms with Gasteiger partial charge in [0.05, 0.1) is 11.6 Å². The Bertz CT molecular complexity index is 342. The number of hydrogen-bond acceptors (Lipinski definition) is 1. The number of carbonyl (C=O) groups excluding carboxylic acids is 1. The Labute approximate surface area is 98.6 Å². The van der Waals surface area contributed by atoms with Crippen molar-refractivity contribution in [2.45, 2.75) is 38.9 Å². The van der Waals surface area contributed by atoms with Gasteiger partial charge in [-0.3, -0.25) is 4.79 Å². The van der Waals surface area contributed by atoms with Crippen LogP contribution in [0.5, 0.6) is 0 Å². The highest BCUT2D eigenvalue weighted by atomic mass is 19.4. The largest absolute Gasteiger partial charge is 0.416 e. The van der Waals surface area contributed by atoms with Crippen molar-refractivity contribution in [2.75, 3.05) is 0 Å². The monoisotopic (exact) mass is 247 g/mol. The van der Waals surface area contributed by atoms with E-state index in [0.29, 0.717) is 12.8 Å². The maximum atomic E-state index is 12.4. The fourth-order valence-electron chi connectivity index (χ4n) is 1.61. The average Bonchev–Trinajstić information content (AvgIpc) is 2.15. The fraction of sp³-hybridized carbons (Fsp3) is 0.583. The second kappa shape index (κ2) is 5.38. The molecule has 1 aliphatic rings. The van der Waals surface area contributed by atoms with Gasteiger partial charge in [0.1, 0.15) is 0 Å². The highest BCUT2D eigenvalue weighted by Crippen LogP contribution is 2.29. The zero-order chi connectivity index (χ0) is 13.1. The first-order chi connectivity index (χ1) is 7.79. The van der Waals surface area contributed by atoms with Crippen LogP contribution < -0.4 is 5.32 Å². The van der Waals surface area contributed by atoms with Crippen LogP contribution in [-0.4, -0.2) is 18.1 Å². The molecule has 0 aromatic rings. The van der Waals surface area contributed by atoms with Crippen LogP contribution >= 0.6 is 0 Å². The number of halogens is 3. The molecule has 0 aromatic carbocycles. The molecule has 2 nitrogen and oxygen atoms in total. The van der Waals surface area contributed by atoms with E-state index in [0.717, 1.165) is 12.2 Å². The molecule has 0 spiro atoms. The SMILES string of the molecule is CC(C)CC(=O)NC1C=C(C(F)(F)F)C=CC1. The quantitative estimate of drug-likeness (QED) is 0.816. The minimum absolute atomic E-state index is 0.195. The van der Waals surface area contributed by atoms with Crippen LogP contribution in [0.3, 0.4) is 0 Å². The second-order valence-corrected chi connectivity index (χ2v) is 4.53. The number of amides is 1. The molecule has 0 fully saturated rings. The van der Waals surface area contributed by atoms with Gasteiger partial charge >= 0.3 is 6.18 Å². The topological polar surface area (TPSA) is 29.1 Å². The van der Waals surface area contributed by atoms with Gasteiger partial charge in [-0.1, -0.05) is 26.0 Å². The van der Waals surface area contributed by atoms with Gasteiger partial charge in [0.15, 0.2) is 0 Å². The molecule has 1 aliphatic carbocycles. The molecule has 0 aromatic heterocycles. The molecule has 1 unspecified atom stereocenters. The number of alkyl halides is 3. The first-order valence-corrected chi connectivity index (χ1v) is 5.54. The lowest BCUT2D eigenvalue weighted by Crippen LogP contribution is -2.35. The third-order valence-corrected chi connectivity index (χ3v) is 2.34. The maximum absolute atomic E-state index is 12.4. The predicted octanol–water partition coefficient (Wildman–Crippen LogP) is 2.97. The number of rotatable bonds is 3. The summed E-state index contributed by atoms with van der Waals surface area (Å²) >= 11 is 0. The summed E-state index contributed by atoms with van der Waals surface area (Å²) in [5.41, 5.74) is -0.696. The number of hydrogen-bond donors (Lipinski definition) is 1. The zero-order valence-electron chi connectivity index (χ0n) is 9.84. The maximum Gasteiger partial charge on any atom is 0.416 e. The van der Waals surface area contributed by atoms with Crippen LogP contribution in [0, 0.1) is 5.92 Å². The Kier molecular flexibility index (Phi) is 4.37. The summed E-state index contributed by atoms with van der Waals surface area (Å²) < 4.78 is 37.3. The smallest absolute Gasteiger partial charge is 0.350 e. The molecule has 5 heteroatoms. The third kappa shape index (κ3) is 4.63. The normalized spacial score (nSPS) is 20.4. The average molecular weight is 247 g/mol. The minimum Gasteiger partial charge on any atom is -0.350 e. The van der Waals surface area contributed by atoms with Gasteiger partial charge in [0, 0.05) is 6.42 Å². The molecule has 0 saturated carbocycles. The molecule has 1 N–H and O–H groups in total.